The summed E-state index contributed by atoms with van der Waals surface area (Å²) in [6.07, 6.45) is -4.23. The number of hydrogen-bond donors (Lipinski definition) is 0. The molecule has 3 aromatic rings. The average Bonchev–Trinajstić information content (AvgIpc) is 3.17. The molecule has 8 nitrogen and oxygen atoms in total. The third-order valence-electron chi connectivity index (χ3n) is 5.00. The van der Waals surface area contributed by atoms with Gasteiger partial charge >= 0.3 is 17.9 Å². The minimum absolute atomic E-state index is 0.218. The van der Waals surface area contributed by atoms with Gasteiger partial charge in [-0.05, 0) is 36.4 Å². The molecular formula is C26H20O8. The first kappa shape index (κ1) is 22.9. The molecule has 1 unspecified atom stereocenters. The van der Waals surface area contributed by atoms with Gasteiger partial charge < -0.3 is 18.9 Å². The van der Waals surface area contributed by atoms with Crippen molar-refractivity contribution in [3.05, 3.63) is 108 Å². The first-order chi connectivity index (χ1) is 16.5. The Hall–Kier alpha value is -4.30. The van der Waals surface area contributed by atoms with E-state index in [4.69, 9.17) is 18.9 Å². The van der Waals surface area contributed by atoms with Crippen LogP contribution in [0.4, 0.5) is 0 Å². The minimum atomic E-state index is -1.62. The fraction of sp³-hybridized carbons (Fsp3) is 0.154. The molecule has 1 aliphatic rings. The van der Waals surface area contributed by atoms with Crippen LogP contribution in [-0.4, -0.2) is 48.8 Å². The van der Waals surface area contributed by atoms with Crippen LogP contribution in [0.3, 0.4) is 0 Å². The van der Waals surface area contributed by atoms with Gasteiger partial charge in [0.1, 0.15) is 12.7 Å². The van der Waals surface area contributed by atoms with Gasteiger partial charge in [-0.3, -0.25) is 4.79 Å². The van der Waals surface area contributed by atoms with E-state index in [1.54, 1.807) is 66.7 Å². The highest BCUT2D eigenvalue weighted by atomic mass is 16.7. The summed E-state index contributed by atoms with van der Waals surface area (Å²) >= 11 is 0. The van der Waals surface area contributed by atoms with Gasteiger partial charge in [-0.15, -0.1) is 0 Å². The maximum atomic E-state index is 12.9. The zero-order valence-electron chi connectivity index (χ0n) is 17.9. The number of ketones is 1. The molecule has 0 radical (unpaired) electrons. The number of ether oxygens (including phenoxy) is 4. The second-order valence-electron chi connectivity index (χ2n) is 7.34. The highest BCUT2D eigenvalue weighted by Crippen LogP contribution is 2.24. The second kappa shape index (κ2) is 10.5. The second-order valence-corrected chi connectivity index (χ2v) is 7.34. The Kier molecular flexibility index (Phi) is 7.10. The number of carbonyl (C=O) groups is 4. The van der Waals surface area contributed by atoms with Crippen molar-refractivity contribution < 1.29 is 38.1 Å². The molecule has 0 N–H and O–H groups in total. The van der Waals surface area contributed by atoms with Crippen molar-refractivity contribution in [3.8, 4) is 0 Å². The molecule has 3 atom stereocenters. The van der Waals surface area contributed by atoms with Gasteiger partial charge in [-0.25, -0.2) is 14.4 Å². The van der Waals surface area contributed by atoms with Crippen molar-refractivity contribution in [1.29, 1.82) is 0 Å². The summed E-state index contributed by atoms with van der Waals surface area (Å²) in [5, 5.41) is 0. The monoisotopic (exact) mass is 460 g/mol. The van der Waals surface area contributed by atoms with E-state index in [0.29, 0.717) is 5.56 Å². The van der Waals surface area contributed by atoms with Crippen molar-refractivity contribution in [3.63, 3.8) is 0 Å². The standard InChI is InChI=1S/C26H20O8/c27-21-22(33-24(29)18-12-6-2-7-13-18)20(16-31-23(28)17-10-4-1-5-11-17)32-26(21)34-25(30)19-14-8-3-9-15-19/h1-15,20,22,26H,16H2/t20-,22-,26?/m1/s1. The summed E-state index contributed by atoms with van der Waals surface area (Å²) in [7, 11) is 0. The Labute approximate surface area is 195 Å². The van der Waals surface area contributed by atoms with Crippen LogP contribution in [0, 0.1) is 0 Å². The number of Topliss-reactive ketones (excluding diaryl/α,β-unsaturated/α-hetero) is 1. The SMILES string of the molecule is O=C(OC[C@H]1OC(OC(=O)c2ccccc2)C(=O)[C@@H]1OC(=O)c1ccccc1)c1ccccc1. The molecule has 8 heteroatoms. The van der Waals surface area contributed by atoms with Gasteiger partial charge in [0.05, 0.1) is 16.7 Å². The van der Waals surface area contributed by atoms with E-state index in [2.05, 4.69) is 0 Å². The molecule has 4 rings (SSSR count). The van der Waals surface area contributed by atoms with E-state index in [-0.39, 0.29) is 11.1 Å². The maximum absolute atomic E-state index is 12.9. The predicted molar refractivity (Wildman–Crippen MR) is 118 cm³/mol. The van der Waals surface area contributed by atoms with E-state index in [1.165, 1.54) is 24.3 Å². The molecule has 0 aromatic heterocycles. The molecule has 1 heterocycles. The molecule has 3 aromatic carbocycles. The lowest BCUT2D eigenvalue weighted by molar-refractivity contribution is -0.147. The van der Waals surface area contributed by atoms with Crippen LogP contribution < -0.4 is 0 Å². The Bertz CT molecular complexity index is 1160. The molecule has 0 aliphatic carbocycles. The fourth-order valence-corrected chi connectivity index (χ4v) is 3.27. The number of carbonyl (C=O) groups excluding carboxylic acids is 4. The maximum Gasteiger partial charge on any atom is 0.340 e. The first-order valence-corrected chi connectivity index (χ1v) is 10.5. The molecule has 34 heavy (non-hydrogen) atoms. The Morgan fingerprint density at radius 2 is 1.09 bits per heavy atom. The zero-order valence-corrected chi connectivity index (χ0v) is 17.9. The Morgan fingerprint density at radius 1 is 0.647 bits per heavy atom. The van der Waals surface area contributed by atoms with E-state index >= 15 is 0 Å². The lowest BCUT2D eigenvalue weighted by Gasteiger charge is -2.17. The molecule has 0 saturated carbocycles. The van der Waals surface area contributed by atoms with Crippen molar-refractivity contribution in [2.24, 2.45) is 0 Å². The van der Waals surface area contributed by atoms with Crippen molar-refractivity contribution in [1.82, 2.24) is 0 Å². The van der Waals surface area contributed by atoms with Crippen molar-refractivity contribution >= 4 is 23.7 Å². The number of benzene rings is 3. The number of rotatable bonds is 7. The van der Waals surface area contributed by atoms with E-state index in [1.807, 2.05) is 0 Å². The van der Waals surface area contributed by atoms with Gasteiger partial charge in [-0.1, -0.05) is 54.6 Å². The third kappa shape index (κ3) is 5.36. The molecular weight excluding hydrogens is 440 g/mol. The highest BCUT2D eigenvalue weighted by Gasteiger charge is 2.49. The fourth-order valence-electron chi connectivity index (χ4n) is 3.27. The van der Waals surface area contributed by atoms with Gasteiger partial charge in [-0.2, -0.15) is 0 Å². The average molecular weight is 460 g/mol. The smallest absolute Gasteiger partial charge is 0.340 e. The predicted octanol–water partition coefficient (Wildman–Crippen LogP) is 3.22. The quantitative estimate of drug-likeness (QED) is 0.391. The van der Waals surface area contributed by atoms with E-state index < -0.39 is 48.8 Å². The molecule has 1 fully saturated rings. The van der Waals surface area contributed by atoms with Crippen molar-refractivity contribution in [2.45, 2.75) is 18.5 Å². The number of hydrogen-bond acceptors (Lipinski definition) is 8. The van der Waals surface area contributed by atoms with E-state index in [9.17, 15) is 19.2 Å². The van der Waals surface area contributed by atoms with Crippen LogP contribution in [0.2, 0.25) is 0 Å². The Morgan fingerprint density at radius 3 is 1.59 bits per heavy atom. The normalized spacial score (nSPS) is 19.3. The van der Waals surface area contributed by atoms with Crippen molar-refractivity contribution in [2.75, 3.05) is 6.61 Å². The van der Waals surface area contributed by atoms with Gasteiger partial charge in [0.25, 0.3) is 6.29 Å². The van der Waals surface area contributed by atoms with Crippen LogP contribution in [0.15, 0.2) is 91.0 Å². The largest absolute Gasteiger partial charge is 0.459 e. The molecule has 172 valence electrons. The summed E-state index contributed by atoms with van der Waals surface area (Å²) in [6, 6.07) is 24.4. The summed E-state index contributed by atoms with van der Waals surface area (Å²) in [5.74, 6) is -2.96. The summed E-state index contributed by atoms with van der Waals surface area (Å²) in [5.41, 5.74) is 0.743. The molecule has 0 amide bonds. The zero-order chi connectivity index (χ0) is 23.9. The third-order valence-corrected chi connectivity index (χ3v) is 5.00. The van der Waals surface area contributed by atoms with Gasteiger partial charge in [0, 0.05) is 0 Å². The van der Waals surface area contributed by atoms with Crippen LogP contribution in [0.1, 0.15) is 31.1 Å². The van der Waals surface area contributed by atoms with Crippen LogP contribution >= 0.6 is 0 Å². The van der Waals surface area contributed by atoms with Gasteiger partial charge in [0.15, 0.2) is 6.10 Å². The minimum Gasteiger partial charge on any atom is -0.459 e. The van der Waals surface area contributed by atoms with Crippen LogP contribution in [0.25, 0.3) is 0 Å². The Balaban J connectivity index is 1.48. The summed E-state index contributed by atoms with van der Waals surface area (Å²) < 4.78 is 21.4. The first-order valence-electron chi connectivity index (χ1n) is 10.5. The lowest BCUT2D eigenvalue weighted by atomic mass is 10.1. The van der Waals surface area contributed by atoms with E-state index in [0.717, 1.165) is 0 Å². The van der Waals surface area contributed by atoms with Gasteiger partial charge in [0.2, 0.25) is 5.78 Å². The molecule has 1 aliphatic heterocycles. The molecule has 0 spiro atoms. The summed E-state index contributed by atoms with van der Waals surface area (Å²) in [6.45, 7) is -0.397. The molecule has 1 saturated heterocycles. The van der Waals surface area contributed by atoms with Crippen LogP contribution in [0.5, 0.6) is 0 Å². The topological polar surface area (TPSA) is 105 Å². The summed E-state index contributed by atoms with van der Waals surface area (Å²) in [4.78, 5) is 50.2. The number of esters is 3. The highest BCUT2D eigenvalue weighted by molar-refractivity contribution is 5.97. The van der Waals surface area contributed by atoms with Crippen LogP contribution in [-0.2, 0) is 23.7 Å². The lowest BCUT2D eigenvalue weighted by Crippen LogP contribution is -2.36. The molecule has 0 bridgehead atoms.